The third-order valence-corrected chi connectivity index (χ3v) is 5.61. The van der Waals surface area contributed by atoms with E-state index in [-0.39, 0.29) is 0 Å². The van der Waals surface area contributed by atoms with Gasteiger partial charge in [-0.15, -0.1) is 0 Å². The lowest BCUT2D eigenvalue weighted by Gasteiger charge is -2.42. The maximum atomic E-state index is 4.61. The van der Waals surface area contributed by atoms with Crippen LogP contribution in [0.15, 0.2) is 12.4 Å². The zero-order valence-corrected chi connectivity index (χ0v) is 13.0. The molecule has 1 aromatic heterocycles. The Balaban J connectivity index is 1.73. The largest absolute Gasteiger partial charge is 0.337 e. The van der Waals surface area contributed by atoms with E-state index < -0.39 is 0 Å². The molecule has 2 aliphatic rings. The molecule has 0 aromatic carbocycles. The summed E-state index contributed by atoms with van der Waals surface area (Å²) in [5, 5.41) is 3.71. The summed E-state index contributed by atoms with van der Waals surface area (Å²) < 4.78 is 2.19. The summed E-state index contributed by atoms with van der Waals surface area (Å²) in [6.45, 7) is 3.24. The topological polar surface area (TPSA) is 29.9 Å². The zero-order chi connectivity index (χ0) is 13.9. The van der Waals surface area contributed by atoms with Crippen LogP contribution in [0.25, 0.3) is 0 Å². The van der Waals surface area contributed by atoms with Crippen molar-refractivity contribution in [3.63, 3.8) is 0 Å². The van der Waals surface area contributed by atoms with E-state index in [1.165, 1.54) is 50.8 Å². The maximum absolute atomic E-state index is 4.61. The molecule has 0 bridgehead atoms. The van der Waals surface area contributed by atoms with Crippen LogP contribution in [0.5, 0.6) is 0 Å². The highest BCUT2D eigenvalue weighted by atomic mass is 15.1. The summed E-state index contributed by atoms with van der Waals surface area (Å²) in [5.74, 6) is 4.02. The second-order valence-electron chi connectivity index (χ2n) is 6.81. The molecule has 0 radical (unpaired) electrons. The molecule has 0 saturated heterocycles. The van der Waals surface area contributed by atoms with Gasteiger partial charge in [0, 0.05) is 19.4 Å². The Kier molecular flexibility index (Phi) is 4.45. The monoisotopic (exact) mass is 275 g/mol. The number of imidazole rings is 1. The Hall–Kier alpha value is -0.830. The Labute approximate surface area is 123 Å². The summed E-state index contributed by atoms with van der Waals surface area (Å²) in [6.07, 6.45) is 14.1. The van der Waals surface area contributed by atoms with Crippen molar-refractivity contribution in [1.82, 2.24) is 14.9 Å². The molecule has 3 rings (SSSR count). The fraction of sp³-hybridized carbons (Fsp3) is 0.824. The summed E-state index contributed by atoms with van der Waals surface area (Å²) in [4.78, 5) is 4.61. The van der Waals surface area contributed by atoms with Crippen LogP contribution < -0.4 is 5.32 Å². The predicted octanol–water partition coefficient (Wildman–Crippen LogP) is 3.68. The lowest BCUT2D eigenvalue weighted by Crippen LogP contribution is -2.36. The molecule has 4 atom stereocenters. The van der Waals surface area contributed by atoms with Crippen LogP contribution in [0.2, 0.25) is 0 Å². The average Bonchev–Trinajstić information content (AvgIpc) is 2.90. The van der Waals surface area contributed by atoms with Gasteiger partial charge < -0.3 is 9.88 Å². The van der Waals surface area contributed by atoms with Gasteiger partial charge in [-0.2, -0.15) is 0 Å². The smallest absolute Gasteiger partial charge is 0.125 e. The first kappa shape index (κ1) is 14.1. The van der Waals surface area contributed by atoms with Gasteiger partial charge in [0.15, 0.2) is 0 Å². The minimum atomic E-state index is 0.447. The van der Waals surface area contributed by atoms with Gasteiger partial charge in [-0.3, -0.25) is 0 Å². The van der Waals surface area contributed by atoms with Gasteiger partial charge in [0.2, 0.25) is 0 Å². The maximum Gasteiger partial charge on any atom is 0.125 e. The molecule has 4 unspecified atom stereocenters. The van der Waals surface area contributed by atoms with Crippen molar-refractivity contribution in [3.8, 4) is 0 Å². The van der Waals surface area contributed by atoms with Crippen LogP contribution in [-0.4, -0.2) is 16.1 Å². The molecule has 0 spiro atoms. The molecule has 1 N–H and O–H groups in total. The van der Waals surface area contributed by atoms with Gasteiger partial charge in [0.25, 0.3) is 0 Å². The molecule has 20 heavy (non-hydrogen) atoms. The van der Waals surface area contributed by atoms with Crippen molar-refractivity contribution in [1.29, 1.82) is 0 Å². The van der Waals surface area contributed by atoms with E-state index in [1.54, 1.807) is 0 Å². The Morgan fingerprint density at radius 1 is 1.25 bits per heavy atom. The number of hydrogen-bond donors (Lipinski definition) is 1. The summed E-state index contributed by atoms with van der Waals surface area (Å²) in [5.41, 5.74) is 0. The second kappa shape index (κ2) is 6.30. The molecule has 2 saturated carbocycles. The highest BCUT2D eigenvalue weighted by molar-refractivity contribution is 5.02. The van der Waals surface area contributed by atoms with Crippen molar-refractivity contribution in [2.24, 2.45) is 24.8 Å². The number of fused-ring (bicyclic) bond motifs is 1. The first-order chi connectivity index (χ1) is 9.79. The molecule has 3 heteroatoms. The van der Waals surface area contributed by atoms with E-state index in [2.05, 4.69) is 35.0 Å². The average molecular weight is 275 g/mol. The molecule has 2 fully saturated rings. The van der Waals surface area contributed by atoms with Crippen LogP contribution in [0.1, 0.15) is 63.7 Å². The van der Waals surface area contributed by atoms with Crippen molar-refractivity contribution in [2.45, 2.75) is 57.9 Å². The lowest BCUT2D eigenvalue weighted by molar-refractivity contribution is 0.107. The van der Waals surface area contributed by atoms with E-state index in [0.717, 1.165) is 24.3 Å². The standard InChI is InChI=1S/C17H29N3/c1-3-18-16(17-19-10-11-20(17)2)15-9-8-13-6-4-5-7-14(13)12-15/h10-11,13-16,18H,3-9,12H2,1-2H3. The van der Waals surface area contributed by atoms with Crippen LogP contribution in [0, 0.1) is 17.8 Å². The number of aromatic nitrogens is 2. The van der Waals surface area contributed by atoms with E-state index in [4.69, 9.17) is 0 Å². The predicted molar refractivity (Wildman–Crippen MR) is 82.4 cm³/mol. The van der Waals surface area contributed by atoms with Crippen LogP contribution in [0.3, 0.4) is 0 Å². The third kappa shape index (κ3) is 2.78. The molecule has 1 heterocycles. The fourth-order valence-electron chi connectivity index (χ4n) is 4.58. The van der Waals surface area contributed by atoms with Crippen LogP contribution in [0.4, 0.5) is 0 Å². The molecule has 112 valence electrons. The second-order valence-corrected chi connectivity index (χ2v) is 6.81. The summed E-state index contributed by atoms with van der Waals surface area (Å²) >= 11 is 0. The minimum Gasteiger partial charge on any atom is -0.337 e. The molecule has 0 aliphatic heterocycles. The molecule has 0 amide bonds. The summed E-state index contributed by atoms with van der Waals surface area (Å²) in [7, 11) is 2.12. The first-order valence-electron chi connectivity index (χ1n) is 8.50. The zero-order valence-electron chi connectivity index (χ0n) is 13.0. The van der Waals surface area contributed by atoms with Gasteiger partial charge >= 0.3 is 0 Å². The third-order valence-electron chi connectivity index (χ3n) is 5.61. The van der Waals surface area contributed by atoms with Crippen molar-refractivity contribution < 1.29 is 0 Å². The number of nitrogens with zero attached hydrogens (tertiary/aromatic N) is 2. The van der Waals surface area contributed by atoms with E-state index >= 15 is 0 Å². The fourth-order valence-corrected chi connectivity index (χ4v) is 4.58. The van der Waals surface area contributed by atoms with Crippen molar-refractivity contribution in [3.05, 3.63) is 18.2 Å². The quantitative estimate of drug-likeness (QED) is 0.908. The molecular formula is C17H29N3. The van der Waals surface area contributed by atoms with E-state index in [1.807, 2.05) is 6.20 Å². The van der Waals surface area contributed by atoms with E-state index in [9.17, 15) is 0 Å². The lowest BCUT2D eigenvalue weighted by atomic mass is 9.66. The van der Waals surface area contributed by atoms with Gasteiger partial charge in [0.1, 0.15) is 5.82 Å². The molecule has 1 aromatic rings. The summed E-state index contributed by atoms with van der Waals surface area (Å²) in [6, 6.07) is 0.447. The number of rotatable bonds is 4. The van der Waals surface area contributed by atoms with Gasteiger partial charge in [0.05, 0.1) is 6.04 Å². The van der Waals surface area contributed by atoms with Gasteiger partial charge in [-0.1, -0.05) is 32.6 Å². The Morgan fingerprint density at radius 3 is 2.75 bits per heavy atom. The Bertz CT molecular complexity index is 426. The number of nitrogens with one attached hydrogen (secondary N) is 1. The first-order valence-corrected chi connectivity index (χ1v) is 8.50. The highest BCUT2D eigenvalue weighted by Crippen LogP contribution is 2.45. The van der Waals surface area contributed by atoms with Crippen molar-refractivity contribution >= 4 is 0 Å². The van der Waals surface area contributed by atoms with Crippen molar-refractivity contribution in [2.75, 3.05) is 6.54 Å². The highest BCUT2D eigenvalue weighted by Gasteiger charge is 2.36. The molecule has 3 nitrogen and oxygen atoms in total. The van der Waals surface area contributed by atoms with Crippen LogP contribution in [-0.2, 0) is 7.05 Å². The number of hydrogen-bond acceptors (Lipinski definition) is 2. The molecule has 2 aliphatic carbocycles. The van der Waals surface area contributed by atoms with Crippen LogP contribution >= 0.6 is 0 Å². The molecular weight excluding hydrogens is 246 g/mol. The normalized spacial score (nSPS) is 31.8. The van der Waals surface area contributed by atoms with Gasteiger partial charge in [-0.25, -0.2) is 4.98 Å². The minimum absolute atomic E-state index is 0.447. The Morgan fingerprint density at radius 2 is 2.05 bits per heavy atom. The van der Waals surface area contributed by atoms with E-state index in [0.29, 0.717) is 6.04 Å². The SMILES string of the molecule is CCNC(c1nccn1C)C1CCC2CCCCC2C1. The van der Waals surface area contributed by atoms with Gasteiger partial charge in [-0.05, 0) is 43.6 Å². The number of aryl methyl sites for hydroxylation is 1.